The highest BCUT2D eigenvalue weighted by Crippen LogP contribution is 2.22. The summed E-state index contributed by atoms with van der Waals surface area (Å²) in [4.78, 5) is 14.1. The molecule has 0 aliphatic rings. The van der Waals surface area contributed by atoms with Gasteiger partial charge in [-0.05, 0) is 31.5 Å². The van der Waals surface area contributed by atoms with E-state index in [2.05, 4.69) is 13.0 Å². The normalized spacial score (nSPS) is 12.0. The Bertz CT molecular complexity index is 460. The van der Waals surface area contributed by atoms with Crippen LogP contribution < -0.4 is 4.90 Å². The molecule has 0 aliphatic carbocycles. The lowest BCUT2D eigenvalue weighted by atomic mass is 10.1. The first-order valence-electron chi connectivity index (χ1n) is 6.34. The van der Waals surface area contributed by atoms with E-state index >= 15 is 0 Å². The first kappa shape index (κ1) is 14.2. The maximum Gasteiger partial charge on any atom is 0.229 e. The first-order valence-corrected chi connectivity index (χ1v) is 6.34. The molecular formula is C15H20N2O. The van der Waals surface area contributed by atoms with Crippen molar-refractivity contribution in [1.29, 1.82) is 5.26 Å². The molecule has 0 saturated heterocycles. The summed E-state index contributed by atoms with van der Waals surface area (Å²) in [5.41, 5.74) is 1.39. The van der Waals surface area contributed by atoms with Crippen LogP contribution >= 0.6 is 0 Å². The lowest BCUT2D eigenvalue weighted by molar-refractivity contribution is -0.121. The maximum atomic E-state index is 12.3. The molecule has 0 aliphatic heterocycles. The lowest BCUT2D eigenvalue weighted by Gasteiger charge is -2.30. The van der Waals surface area contributed by atoms with E-state index in [1.165, 1.54) is 0 Å². The number of anilines is 1. The SMILES string of the molecule is CCC(C)N(C(=O)C(C)C)c1cccc(C#N)c1. The predicted octanol–water partition coefficient (Wildman–Crippen LogP) is 3.35. The van der Waals surface area contributed by atoms with Crippen LogP contribution in [0.5, 0.6) is 0 Å². The van der Waals surface area contributed by atoms with Crippen LogP contribution in [0.25, 0.3) is 0 Å². The van der Waals surface area contributed by atoms with Crippen LogP contribution in [-0.4, -0.2) is 11.9 Å². The van der Waals surface area contributed by atoms with Gasteiger partial charge in [0.2, 0.25) is 5.91 Å². The van der Waals surface area contributed by atoms with Crippen molar-refractivity contribution in [2.45, 2.75) is 40.2 Å². The molecular weight excluding hydrogens is 224 g/mol. The van der Waals surface area contributed by atoms with Crippen molar-refractivity contribution in [3.8, 4) is 6.07 Å². The van der Waals surface area contributed by atoms with E-state index < -0.39 is 0 Å². The molecule has 0 aromatic heterocycles. The second kappa shape index (κ2) is 6.20. The van der Waals surface area contributed by atoms with Crippen LogP contribution in [0.3, 0.4) is 0 Å². The average Bonchev–Trinajstić information content (AvgIpc) is 2.38. The molecule has 1 unspecified atom stereocenters. The van der Waals surface area contributed by atoms with Gasteiger partial charge in [0.15, 0.2) is 0 Å². The average molecular weight is 244 g/mol. The fourth-order valence-electron chi connectivity index (χ4n) is 1.78. The van der Waals surface area contributed by atoms with E-state index in [0.717, 1.165) is 12.1 Å². The molecule has 0 fully saturated rings. The highest BCUT2D eigenvalue weighted by molar-refractivity contribution is 5.95. The summed E-state index contributed by atoms with van der Waals surface area (Å²) in [6.07, 6.45) is 0.884. The molecule has 3 heteroatoms. The summed E-state index contributed by atoms with van der Waals surface area (Å²) in [5.74, 6) is 0.0455. The Morgan fingerprint density at radius 1 is 1.39 bits per heavy atom. The zero-order chi connectivity index (χ0) is 13.7. The number of nitriles is 1. The Morgan fingerprint density at radius 2 is 2.06 bits per heavy atom. The second-order valence-electron chi connectivity index (χ2n) is 4.78. The van der Waals surface area contributed by atoms with Crippen molar-refractivity contribution in [1.82, 2.24) is 0 Å². The zero-order valence-electron chi connectivity index (χ0n) is 11.5. The van der Waals surface area contributed by atoms with Gasteiger partial charge in [-0.25, -0.2) is 0 Å². The Hall–Kier alpha value is -1.82. The minimum absolute atomic E-state index is 0.0512. The molecule has 96 valence electrons. The molecule has 1 atom stereocenters. The van der Waals surface area contributed by atoms with Gasteiger partial charge in [-0.15, -0.1) is 0 Å². The number of amides is 1. The Labute approximate surface area is 109 Å². The Morgan fingerprint density at radius 3 is 2.56 bits per heavy atom. The molecule has 1 rings (SSSR count). The highest BCUT2D eigenvalue weighted by Gasteiger charge is 2.23. The number of benzene rings is 1. The number of carbonyl (C=O) groups excluding carboxylic acids is 1. The van der Waals surface area contributed by atoms with Crippen molar-refractivity contribution >= 4 is 11.6 Å². The minimum Gasteiger partial charge on any atom is -0.309 e. The molecule has 1 amide bonds. The molecule has 0 bridgehead atoms. The quantitative estimate of drug-likeness (QED) is 0.815. The van der Waals surface area contributed by atoms with E-state index in [1.54, 1.807) is 17.0 Å². The largest absolute Gasteiger partial charge is 0.309 e. The van der Waals surface area contributed by atoms with Crippen LogP contribution in [0.4, 0.5) is 5.69 Å². The standard InChI is InChI=1S/C15H20N2O/c1-5-12(4)17(15(18)11(2)3)14-8-6-7-13(9-14)10-16/h6-9,11-12H,5H2,1-4H3. The fourth-order valence-corrected chi connectivity index (χ4v) is 1.78. The van der Waals surface area contributed by atoms with Crippen LogP contribution in [0.2, 0.25) is 0 Å². The molecule has 0 heterocycles. The molecule has 0 spiro atoms. The summed E-state index contributed by atoms with van der Waals surface area (Å²) in [6.45, 7) is 7.87. The van der Waals surface area contributed by atoms with Crippen molar-refractivity contribution in [2.75, 3.05) is 4.90 Å². The topological polar surface area (TPSA) is 44.1 Å². The molecule has 0 N–H and O–H groups in total. The van der Waals surface area contributed by atoms with Crippen molar-refractivity contribution in [2.24, 2.45) is 5.92 Å². The van der Waals surface area contributed by atoms with Gasteiger partial charge < -0.3 is 4.90 Å². The third kappa shape index (κ3) is 3.10. The predicted molar refractivity (Wildman–Crippen MR) is 73.2 cm³/mol. The molecule has 0 saturated carbocycles. The van der Waals surface area contributed by atoms with Gasteiger partial charge in [-0.1, -0.05) is 26.8 Å². The van der Waals surface area contributed by atoms with Crippen LogP contribution in [0.15, 0.2) is 24.3 Å². The van der Waals surface area contributed by atoms with Gasteiger partial charge in [0.05, 0.1) is 11.6 Å². The molecule has 3 nitrogen and oxygen atoms in total. The maximum absolute atomic E-state index is 12.3. The van der Waals surface area contributed by atoms with E-state index in [9.17, 15) is 4.79 Å². The summed E-state index contributed by atoms with van der Waals surface area (Å²) >= 11 is 0. The van der Waals surface area contributed by atoms with Gasteiger partial charge >= 0.3 is 0 Å². The van der Waals surface area contributed by atoms with E-state index in [4.69, 9.17) is 5.26 Å². The number of nitrogens with zero attached hydrogens (tertiary/aromatic N) is 2. The van der Waals surface area contributed by atoms with E-state index in [-0.39, 0.29) is 17.9 Å². The van der Waals surface area contributed by atoms with Gasteiger partial charge in [-0.2, -0.15) is 5.26 Å². The van der Waals surface area contributed by atoms with Crippen molar-refractivity contribution in [3.05, 3.63) is 29.8 Å². The van der Waals surface area contributed by atoms with Gasteiger partial charge in [0, 0.05) is 17.6 Å². The Balaban J connectivity index is 3.17. The van der Waals surface area contributed by atoms with Gasteiger partial charge in [0.1, 0.15) is 0 Å². The van der Waals surface area contributed by atoms with Crippen LogP contribution in [0.1, 0.15) is 39.7 Å². The third-order valence-corrected chi connectivity index (χ3v) is 3.02. The molecule has 0 radical (unpaired) electrons. The number of rotatable bonds is 4. The van der Waals surface area contributed by atoms with Crippen LogP contribution in [0, 0.1) is 17.2 Å². The number of carbonyl (C=O) groups is 1. The van der Waals surface area contributed by atoms with Crippen molar-refractivity contribution < 1.29 is 4.79 Å². The molecule has 1 aromatic rings. The Kier molecular flexibility index (Phi) is 4.91. The van der Waals surface area contributed by atoms with E-state index in [1.807, 2.05) is 32.9 Å². The zero-order valence-corrected chi connectivity index (χ0v) is 11.5. The smallest absolute Gasteiger partial charge is 0.229 e. The van der Waals surface area contributed by atoms with Crippen molar-refractivity contribution in [3.63, 3.8) is 0 Å². The summed E-state index contributed by atoms with van der Waals surface area (Å²) < 4.78 is 0. The van der Waals surface area contributed by atoms with Crippen LogP contribution in [-0.2, 0) is 4.79 Å². The number of hydrogen-bond donors (Lipinski definition) is 0. The number of hydrogen-bond acceptors (Lipinski definition) is 2. The fraction of sp³-hybridized carbons (Fsp3) is 0.467. The second-order valence-corrected chi connectivity index (χ2v) is 4.78. The van der Waals surface area contributed by atoms with Gasteiger partial charge in [0.25, 0.3) is 0 Å². The summed E-state index contributed by atoms with van der Waals surface area (Å²) in [6, 6.07) is 9.46. The highest BCUT2D eigenvalue weighted by atomic mass is 16.2. The molecule has 1 aromatic carbocycles. The third-order valence-electron chi connectivity index (χ3n) is 3.02. The minimum atomic E-state index is -0.0512. The van der Waals surface area contributed by atoms with Gasteiger partial charge in [-0.3, -0.25) is 4.79 Å². The monoisotopic (exact) mass is 244 g/mol. The summed E-state index contributed by atoms with van der Waals surface area (Å²) in [7, 11) is 0. The van der Waals surface area contributed by atoms with E-state index in [0.29, 0.717) is 5.56 Å². The first-order chi connectivity index (χ1) is 8.51. The lowest BCUT2D eigenvalue weighted by Crippen LogP contribution is -2.41. The molecule has 18 heavy (non-hydrogen) atoms. The summed E-state index contributed by atoms with van der Waals surface area (Å²) in [5, 5.41) is 8.93.